The van der Waals surface area contributed by atoms with Crippen molar-refractivity contribution in [1.82, 2.24) is 10.2 Å². The molecule has 1 aromatic heterocycles. The third-order valence-electron chi connectivity index (χ3n) is 2.30. The van der Waals surface area contributed by atoms with Gasteiger partial charge in [0.2, 0.25) is 11.0 Å². The van der Waals surface area contributed by atoms with Crippen LogP contribution in [0.25, 0.3) is 6.08 Å². The molecule has 1 amide bonds. The summed E-state index contributed by atoms with van der Waals surface area (Å²) in [6.45, 7) is 2.00. The fraction of sp³-hybridized carbons (Fsp3) is 0.154. The zero-order chi connectivity index (χ0) is 13.7. The number of aromatic nitrogens is 2. The minimum Gasteiger partial charge on any atom is -0.297 e. The Morgan fingerprint density at radius 3 is 2.74 bits per heavy atom. The molecule has 0 aliphatic rings. The van der Waals surface area contributed by atoms with Crippen LogP contribution in [-0.4, -0.2) is 16.1 Å². The van der Waals surface area contributed by atoms with Gasteiger partial charge in [-0.15, -0.1) is 10.2 Å². The number of nitrogens with zero attached hydrogens (tertiary/aromatic N) is 2. The van der Waals surface area contributed by atoms with Crippen molar-refractivity contribution < 1.29 is 4.79 Å². The molecule has 98 valence electrons. The molecule has 0 aliphatic heterocycles. The molecule has 0 spiro atoms. The molecule has 1 heterocycles. The first-order valence-corrected chi connectivity index (χ1v) is 7.35. The molecule has 1 N–H and O–H groups in total. The van der Waals surface area contributed by atoms with E-state index in [0.717, 1.165) is 21.5 Å². The first-order valence-electron chi connectivity index (χ1n) is 5.74. The minimum atomic E-state index is -0.207. The van der Waals surface area contributed by atoms with Gasteiger partial charge >= 0.3 is 0 Å². The molecule has 0 aliphatic carbocycles. The molecule has 0 saturated heterocycles. The number of rotatable bonds is 4. The van der Waals surface area contributed by atoms with Gasteiger partial charge in [0.15, 0.2) is 0 Å². The van der Waals surface area contributed by atoms with Crippen LogP contribution in [0.2, 0.25) is 0 Å². The Bertz CT molecular complexity index is 592. The maximum Gasteiger partial charge on any atom is 0.250 e. The summed E-state index contributed by atoms with van der Waals surface area (Å²) in [4.78, 5) is 11.7. The van der Waals surface area contributed by atoms with E-state index in [1.807, 2.05) is 31.2 Å². The molecule has 2 aromatic rings. The van der Waals surface area contributed by atoms with Gasteiger partial charge in [0, 0.05) is 10.5 Å². The van der Waals surface area contributed by atoms with E-state index in [1.54, 1.807) is 6.08 Å². The number of hydrogen-bond acceptors (Lipinski definition) is 4. The Kier molecular flexibility index (Phi) is 4.81. The number of hydrogen-bond donors (Lipinski definition) is 1. The van der Waals surface area contributed by atoms with Crippen molar-refractivity contribution in [2.24, 2.45) is 0 Å². The Morgan fingerprint density at radius 2 is 2.11 bits per heavy atom. The summed E-state index contributed by atoms with van der Waals surface area (Å²) in [5.41, 5.74) is 0.963. The number of halogens is 1. The van der Waals surface area contributed by atoms with E-state index in [2.05, 4.69) is 31.4 Å². The molecule has 1 aromatic carbocycles. The third-order valence-corrected chi connectivity index (χ3v) is 3.81. The Labute approximate surface area is 123 Å². The highest BCUT2D eigenvalue weighted by Gasteiger charge is 2.04. The second-order valence-corrected chi connectivity index (χ2v) is 5.71. The van der Waals surface area contributed by atoms with E-state index in [-0.39, 0.29) is 5.91 Å². The minimum absolute atomic E-state index is 0.207. The highest BCUT2D eigenvalue weighted by atomic mass is 79.9. The normalized spacial score (nSPS) is 10.8. The molecule has 0 saturated carbocycles. The van der Waals surface area contributed by atoms with Crippen molar-refractivity contribution in [3.05, 3.63) is 45.4 Å². The largest absolute Gasteiger partial charge is 0.297 e. The van der Waals surface area contributed by atoms with E-state index in [9.17, 15) is 4.79 Å². The number of amides is 1. The number of carbonyl (C=O) groups is 1. The van der Waals surface area contributed by atoms with Crippen LogP contribution in [0.3, 0.4) is 0 Å². The molecule has 19 heavy (non-hydrogen) atoms. The number of nitrogens with one attached hydrogen (secondary N) is 1. The second kappa shape index (κ2) is 6.58. The van der Waals surface area contributed by atoms with E-state index < -0.39 is 0 Å². The molecule has 0 unspecified atom stereocenters. The van der Waals surface area contributed by atoms with Crippen molar-refractivity contribution in [2.45, 2.75) is 13.3 Å². The lowest BCUT2D eigenvalue weighted by atomic mass is 10.2. The van der Waals surface area contributed by atoms with E-state index >= 15 is 0 Å². The van der Waals surface area contributed by atoms with Gasteiger partial charge < -0.3 is 0 Å². The lowest BCUT2D eigenvalue weighted by Crippen LogP contribution is -2.07. The highest BCUT2D eigenvalue weighted by Crippen LogP contribution is 2.15. The van der Waals surface area contributed by atoms with Gasteiger partial charge in [0.25, 0.3) is 0 Å². The van der Waals surface area contributed by atoms with Gasteiger partial charge in [-0.05, 0) is 30.2 Å². The number of anilines is 1. The first kappa shape index (κ1) is 13.9. The lowest BCUT2D eigenvalue weighted by Gasteiger charge is -1.95. The van der Waals surface area contributed by atoms with E-state index in [4.69, 9.17) is 0 Å². The third kappa shape index (κ3) is 4.25. The zero-order valence-corrected chi connectivity index (χ0v) is 12.7. The van der Waals surface area contributed by atoms with Crippen LogP contribution in [0.5, 0.6) is 0 Å². The number of carbonyl (C=O) groups excluding carboxylic acids is 1. The quantitative estimate of drug-likeness (QED) is 0.868. The first-order chi connectivity index (χ1) is 9.17. The van der Waals surface area contributed by atoms with Crippen molar-refractivity contribution in [1.29, 1.82) is 0 Å². The van der Waals surface area contributed by atoms with Crippen LogP contribution in [0.1, 0.15) is 17.5 Å². The number of aryl methyl sites for hydroxylation is 1. The van der Waals surface area contributed by atoms with Crippen molar-refractivity contribution in [2.75, 3.05) is 5.32 Å². The Hall–Kier alpha value is -1.53. The van der Waals surface area contributed by atoms with Gasteiger partial charge in [-0.25, -0.2) is 0 Å². The van der Waals surface area contributed by atoms with Crippen LogP contribution < -0.4 is 5.32 Å². The summed E-state index contributed by atoms with van der Waals surface area (Å²) < 4.78 is 1.01. The molecule has 0 fully saturated rings. The summed E-state index contributed by atoms with van der Waals surface area (Å²) in [6.07, 6.45) is 4.06. The van der Waals surface area contributed by atoms with Gasteiger partial charge in [-0.3, -0.25) is 10.1 Å². The van der Waals surface area contributed by atoms with E-state index in [1.165, 1.54) is 17.4 Å². The molecule has 4 nitrogen and oxygen atoms in total. The zero-order valence-electron chi connectivity index (χ0n) is 10.3. The maximum absolute atomic E-state index is 11.7. The van der Waals surface area contributed by atoms with Gasteiger partial charge in [0.05, 0.1) is 0 Å². The maximum atomic E-state index is 11.7. The smallest absolute Gasteiger partial charge is 0.250 e. The summed E-state index contributed by atoms with van der Waals surface area (Å²) in [5, 5.41) is 12.0. The molecule has 2 rings (SSSR count). The van der Waals surface area contributed by atoms with Crippen molar-refractivity contribution in [3.8, 4) is 0 Å². The molecule has 0 bridgehead atoms. The van der Waals surface area contributed by atoms with Crippen LogP contribution in [0.4, 0.5) is 5.13 Å². The number of benzene rings is 1. The monoisotopic (exact) mass is 337 g/mol. The summed E-state index contributed by atoms with van der Waals surface area (Å²) in [5.74, 6) is -0.207. The van der Waals surface area contributed by atoms with Gasteiger partial charge in [-0.2, -0.15) is 0 Å². The van der Waals surface area contributed by atoms with Crippen molar-refractivity contribution >= 4 is 44.4 Å². The van der Waals surface area contributed by atoms with Crippen LogP contribution in [0.15, 0.2) is 34.8 Å². The Balaban J connectivity index is 1.95. The topological polar surface area (TPSA) is 54.9 Å². The van der Waals surface area contributed by atoms with Gasteiger partial charge in [0.1, 0.15) is 5.01 Å². The fourth-order valence-corrected chi connectivity index (χ4v) is 2.29. The molecule has 6 heteroatoms. The van der Waals surface area contributed by atoms with Crippen LogP contribution in [0, 0.1) is 0 Å². The summed E-state index contributed by atoms with van der Waals surface area (Å²) in [6, 6.07) is 7.70. The summed E-state index contributed by atoms with van der Waals surface area (Å²) in [7, 11) is 0. The average Bonchev–Trinajstić information content (AvgIpc) is 2.86. The van der Waals surface area contributed by atoms with Gasteiger partial charge in [-0.1, -0.05) is 46.3 Å². The molecule has 0 atom stereocenters. The standard InChI is InChI=1S/C13H12BrN3OS/c1-2-12-16-17-13(19-12)15-11(18)8-5-9-3-6-10(14)7-4-9/h3-8H,2H2,1H3,(H,15,17,18). The average molecular weight is 338 g/mol. The molecule has 0 radical (unpaired) electrons. The SMILES string of the molecule is CCc1nnc(NC(=O)C=Cc2ccc(Br)cc2)s1. The lowest BCUT2D eigenvalue weighted by molar-refractivity contribution is -0.111. The Morgan fingerprint density at radius 1 is 1.37 bits per heavy atom. The highest BCUT2D eigenvalue weighted by molar-refractivity contribution is 9.10. The van der Waals surface area contributed by atoms with Crippen LogP contribution in [-0.2, 0) is 11.2 Å². The predicted molar refractivity (Wildman–Crippen MR) is 81.1 cm³/mol. The molecular weight excluding hydrogens is 326 g/mol. The molecular formula is C13H12BrN3OS. The summed E-state index contributed by atoms with van der Waals surface area (Å²) >= 11 is 4.75. The van der Waals surface area contributed by atoms with Crippen LogP contribution >= 0.6 is 27.3 Å². The van der Waals surface area contributed by atoms with Crippen molar-refractivity contribution in [3.63, 3.8) is 0 Å². The van der Waals surface area contributed by atoms with E-state index in [0.29, 0.717) is 5.13 Å². The fourth-order valence-electron chi connectivity index (χ4n) is 1.34. The second-order valence-electron chi connectivity index (χ2n) is 3.73. The predicted octanol–water partition coefficient (Wildman–Crippen LogP) is 3.51.